The number of fused-ring (bicyclic) bond motifs is 1. The molecule has 3 N–H and O–H groups in total. The van der Waals surface area contributed by atoms with E-state index >= 15 is 0 Å². The molecule has 1 aliphatic heterocycles. The van der Waals surface area contributed by atoms with Gasteiger partial charge in [0, 0.05) is 24.7 Å². The van der Waals surface area contributed by atoms with Crippen molar-refractivity contribution < 1.29 is 4.39 Å². The van der Waals surface area contributed by atoms with Gasteiger partial charge < -0.3 is 10.6 Å². The maximum atomic E-state index is 14.5. The number of hydrogen-bond donors (Lipinski definition) is 2. The van der Waals surface area contributed by atoms with Crippen LogP contribution in [0.3, 0.4) is 0 Å². The second kappa shape index (κ2) is 6.76. The van der Waals surface area contributed by atoms with Crippen molar-refractivity contribution in [3.05, 3.63) is 36.3 Å². The summed E-state index contributed by atoms with van der Waals surface area (Å²) in [5.74, 6) is 0.985. The summed E-state index contributed by atoms with van der Waals surface area (Å²) in [5, 5.41) is 7.84. The zero-order valence-electron chi connectivity index (χ0n) is 14.0. The average Bonchev–Trinajstić information content (AvgIpc) is 3.07. The molecule has 1 aliphatic rings. The highest BCUT2D eigenvalue weighted by Crippen LogP contribution is 2.29. The third-order valence-corrected chi connectivity index (χ3v) is 4.81. The molecule has 0 amide bonds. The number of nitrogens with two attached hydrogens (primary N) is 1. The normalized spacial score (nSPS) is 18.0. The highest BCUT2D eigenvalue weighted by molar-refractivity contribution is 5.89. The first-order chi connectivity index (χ1) is 12.3. The van der Waals surface area contributed by atoms with Crippen LogP contribution in [-0.2, 0) is 0 Å². The van der Waals surface area contributed by atoms with Gasteiger partial charge in [0.2, 0.25) is 0 Å². The summed E-state index contributed by atoms with van der Waals surface area (Å²) < 4.78 is 14.5. The van der Waals surface area contributed by atoms with E-state index in [1.165, 1.54) is 12.5 Å². The molecule has 4 heterocycles. The van der Waals surface area contributed by atoms with Crippen LogP contribution in [0, 0.1) is 11.7 Å². The van der Waals surface area contributed by atoms with E-state index in [0.717, 1.165) is 37.1 Å². The number of aromatic nitrogens is 4. The zero-order valence-corrected chi connectivity index (χ0v) is 14.0. The van der Waals surface area contributed by atoms with Gasteiger partial charge in [0.15, 0.2) is 11.5 Å². The summed E-state index contributed by atoms with van der Waals surface area (Å²) in [4.78, 5) is 11.0. The number of H-pyrrole nitrogens is 1. The molecule has 130 valence electrons. The number of hydrogen-bond acceptors (Lipinski definition) is 5. The Balaban J connectivity index is 1.69. The molecule has 4 rings (SSSR count). The summed E-state index contributed by atoms with van der Waals surface area (Å²) in [7, 11) is 0. The van der Waals surface area contributed by atoms with Crippen LogP contribution in [0.25, 0.3) is 22.4 Å². The summed E-state index contributed by atoms with van der Waals surface area (Å²) in [6.07, 6.45) is 4.99. The number of pyridine rings is 2. The number of aromatic amines is 1. The lowest BCUT2D eigenvalue weighted by Crippen LogP contribution is -2.36. The van der Waals surface area contributed by atoms with Gasteiger partial charge >= 0.3 is 0 Å². The molecule has 0 radical (unpaired) electrons. The quantitative estimate of drug-likeness (QED) is 0.763. The van der Waals surface area contributed by atoms with Crippen molar-refractivity contribution in [2.45, 2.75) is 19.3 Å². The lowest BCUT2D eigenvalue weighted by atomic mass is 9.95. The number of rotatable bonds is 4. The molecule has 6 nitrogen and oxygen atoms in total. The lowest BCUT2D eigenvalue weighted by molar-refractivity contribution is 0.394. The topological polar surface area (TPSA) is 83.7 Å². The first kappa shape index (κ1) is 16.0. The van der Waals surface area contributed by atoms with Gasteiger partial charge in [-0.3, -0.25) is 5.10 Å². The maximum Gasteiger partial charge on any atom is 0.155 e. The molecule has 3 aromatic rings. The van der Waals surface area contributed by atoms with Gasteiger partial charge in [-0.05, 0) is 56.0 Å². The largest absolute Gasteiger partial charge is 0.356 e. The van der Waals surface area contributed by atoms with Gasteiger partial charge in [-0.25, -0.2) is 14.4 Å². The molecule has 1 saturated heterocycles. The summed E-state index contributed by atoms with van der Waals surface area (Å²) in [6, 6.07) is 6.90. The zero-order chi connectivity index (χ0) is 17.2. The third kappa shape index (κ3) is 3.07. The average molecular weight is 340 g/mol. The van der Waals surface area contributed by atoms with Crippen LogP contribution in [0.1, 0.15) is 19.3 Å². The van der Waals surface area contributed by atoms with E-state index in [1.807, 2.05) is 12.1 Å². The van der Waals surface area contributed by atoms with Gasteiger partial charge in [0.1, 0.15) is 17.2 Å². The minimum atomic E-state index is -0.378. The second-order valence-electron chi connectivity index (χ2n) is 6.50. The molecule has 0 aromatic carbocycles. The molecular weight excluding hydrogens is 319 g/mol. The van der Waals surface area contributed by atoms with Gasteiger partial charge in [0.25, 0.3) is 0 Å². The van der Waals surface area contributed by atoms with Gasteiger partial charge in [-0.1, -0.05) is 0 Å². The monoisotopic (exact) mass is 340 g/mol. The van der Waals surface area contributed by atoms with Crippen molar-refractivity contribution in [3.8, 4) is 11.4 Å². The summed E-state index contributed by atoms with van der Waals surface area (Å²) >= 11 is 0. The molecule has 1 fully saturated rings. The summed E-state index contributed by atoms with van der Waals surface area (Å²) in [6.45, 7) is 2.55. The Morgan fingerprint density at radius 2 is 2.20 bits per heavy atom. The molecule has 25 heavy (non-hydrogen) atoms. The number of halogens is 1. The Labute approximate surface area is 145 Å². The Morgan fingerprint density at radius 3 is 3.08 bits per heavy atom. The van der Waals surface area contributed by atoms with Crippen LogP contribution in [0.4, 0.5) is 10.2 Å². The van der Waals surface area contributed by atoms with Gasteiger partial charge in [-0.15, -0.1) is 0 Å². The smallest absolute Gasteiger partial charge is 0.155 e. The standard InChI is InChI=1S/C18H21FN6/c19-14-5-6-15(25-10-2-3-12(11-25)7-8-20)22-17(14)16-13-4-1-9-21-18(13)24-23-16/h1,4-6,9,12H,2-3,7-8,10-11,20H2,(H,21,23,24). The van der Waals surface area contributed by atoms with E-state index < -0.39 is 0 Å². The molecule has 3 aromatic heterocycles. The fourth-order valence-electron chi connectivity index (χ4n) is 3.55. The van der Waals surface area contributed by atoms with Crippen molar-refractivity contribution in [2.75, 3.05) is 24.5 Å². The van der Waals surface area contributed by atoms with E-state index in [4.69, 9.17) is 5.73 Å². The van der Waals surface area contributed by atoms with Crippen molar-refractivity contribution in [1.82, 2.24) is 20.2 Å². The van der Waals surface area contributed by atoms with Crippen LogP contribution >= 0.6 is 0 Å². The van der Waals surface area contributed by atoms with Crippen LogP contribution in [-0.4, -0.2) is 39.8 Å². The molecule has 0 spiro atoms. The first-order valence-corrected chi connectivity index (χ1v) is 8.67. The highest BCUT2D eigenvalue weighted by atomic mass is 19.1. The predicted octanol–water partition coefficient (Wildman–Crippen LogP) is 2.72. The van der Waals surface area contributed by atoms with Crippen molar-refractivity contribution >= 4 is 16.9 Å². The van der Waals surface area contributed by atoms with Crippen LogP contribution in [0.15, 0.2) is 30.5 Å². The molecule has 1 atom stereocenters. The molecular formula is C18H21FN6. The Hall–Kier alpha value is -2.54. The third-order valence-electron chi connectivity index (χ3n) is 4.81. The van der Waals surface area contributed by atoms with Gasteiger partial charge in [-0.2, -0.15) is 5.10 Å². The van der Waals surface area contributed by atoms with E-state index in [0.29, 0.717) is 23.8 Å². The molecule has 0 bridgehead atoms. The van der Waals surface area contributed by atoms with E-state index in [2.05, 4.69) is 25.1 Å². The number of anilines is 1. The second-order valence-corrected chi connectivity index (χ2v) is 6.50. The fraction of sp³-hybridized carbons (Fsp3) is 0.389. The Morgan fingerprint density at radius 1 is 1.28 bits per heavy atom. The Bertz CT molecular complexity index is 875. The van der Waals surface area contributed by atoms with E-state index in [9.17, 15) is 4.39 Å². The van der Waals surface area contributed by atoms with Crippen LogP contribution in [0.5, 0.6) is 0 Å². The number of piperidine rings is 1. The van der Waals surface area contributed by atoms with E-state index in [-0.39, 0.29) is 11.5 Å². The summed E-state index contributed by atoms with van der Waals surface area (Å²) in [5.41, 5.74) is 7.09. The lowest BCUT2D eigenvalue weighted by Gasteiger charge is -2.33. The first-order valence-electron chi connectivity index (χ1n) is 8.67. The van der Waals surface area contributed by atoms with Crippen LogP contribution < -0.4 is 10.6 Å². The van der Waals surface area contributed by atoms with Crippen molar-refractivity contribution in [1.29, 1.82) is 0 Å². The fourth-order valence-corrected chi connectivity index (χ4v) is 3.55. The highest BCUT2D eigenvalue weighted by Gasteiger charge is 2.22. The van der Waals surface area contributed by atoms with Crippen LogP contribution in [0.2, 0.25) is 0 Å². The minimum absolute atomic E-state index is 0.262. The molecule has 1 unspecified atom stereocenters. The molecule has 7 heteroatoms. The van der Waals surface area contributed by atoms with Crippen molar-refractivity contribution in [3.63, 3.8) is 0 Å². The number of nitrogens with one attached hydrogen (secondary N) is 1. The molecule has 0 saturated carbocycles. The number of nitrogens with zero attached hydrogens (tertiary/aromatic N) is 4. The SMILES string of the molecule is NCCC1CCCN(c2ccc(F)c(-c3n[nH]c4ncccc34)n2)C1. The van der Waals surface area contributed by atoms with Crippen molar-refractivity contribution in [2.24, 2.45) is 11.7 Å². The predicted molar refractivity (Wildman–Crippen MR) is 95.7 cm³/mol. The maximum absolute atomic E-state index is 14.5. The van der Waals surface area contributed by atoms with Gasteiger partial charge in [0.05, 0.1) is 0 Å². The van der Waals surface area contributed by atoms with E-state index in [1.54, 1.807) is 12.3 Å². The molecule has 0 aliphatic carbocycles. The Kier molecular flexibility index (Phi) is 4.31. The minimum Gasteiger partial charge on any atom is -0.356 e.